The number of hydrogen-bond donors (Lipinski definition) is 3. The first-order valence-corrected chi connectivity index (χ1v) is 10.8. The molecule has 3 N–H and O–H groups in total. The summed E-state index contributed by atoms with van der Waals surface area (Å²) >= 11 is 0. The maximum atomic E-state index is 13.7. The van der Waals surface area contributed by atoms with Crippen molar-refractivity contribution in [3.05, 3.63) is 84.1 Å². The van der Waals surface area contributed by atoms with Crippen molar-refractivity contribution in [2.45, 2.75) is 0 Å². The van der Waals surface area contributed by atoms with Crippen LogP contribution in [0.5, 0.6) is 17.2 Å². The number of ketones is 1. The second kappa shape index (κ2) is 7.81. The van der Waals surface area contributed by atoms with Crippen molar-refractivity contribution in [2.24, 2.45) is 0 Å². The largest absolute Gasteiger partial charge is 0.508 e. The Kier molecular flexibility index (Phi) is 4.60. The van der Waals surface area contributed by atoms with E-state index in [1.165, 1.54) is 19.2 Å². The fourth-order valence-electron chi connectivity index (χ4n) is 4.39. The first-order chi connectivity index (χ1) is 17.0. The number of anilines is 2. The minimum Gasteiger partial charge on any atom is -0.508 e. The van der Waals surface area contributed by atoms with E-state index in [2.05, 4.69) is 10.3 Å². The molecule has 2 aromatic heterocycles. The van der Waals surface area contributed by atoms with Gasteiger partial charge in [0, 0.05) is 34.8 Å². The van der Waals surface area contributed by atoms with Crippen LogP contribution in [0.2, 0.25) is 0 Å². The molecule has 0 saturated heterocycles. The molecule has 0 fully saturated rings. The molecule has 0 spiro atoms. The Hall–Kier alpha value is -4.98. The topological polar surface area (TPSA) is 117 Å². The van der Waals surface area contributed by atoms with E-state index in [4.69, 9.17) is 14.7 Å². The summed E-state index contributed by atoms with van der Waals surface area (Å²) in [6, 6.07) is 18.7. The lowest BCUT2D eigenvalue weighted by atomic mass is 9.85. The average Bonchev–Trinajstić information content (AvgIpc) is 2.87. The molecule has 170 valence electrons. The van der Waals surface area contributed by atoms with Crippen LogP contribution in [0.25, 0.3) is 33.5 Å². The number of phenolic OH excluding ortho intramolecular Hbond substituents is 2. The number of benzene rings is 3. The predicted octanol–water partition coefficient (Wildman–Crippen LogP) is 5.07. The molecule has 1 aliphatic carbocycles. The van der Waals surface area contributed by atoms with E-state index in [9.17, 15) is 15.0 Å². The van der Waals surface area contributed by atoms with Gasteiger partial charge in [-0.15, -0.1) is 0 Å². The monoisotopic (exact) mass is 462 g/mol. The van der Waals surface area contributed by atoms with Crippen LogP contribution < -0.4 is 10.1 Å². The minimum atomic E-state index is -0.164. The third kappa shape index (κ3) is 3.23. The standard InChI is InChI=1S/C27H18N4O4/c1-35-20-13-18(29-21-8-4-5-11-28-21)22-23-24(15-6-2-3-7-16(15)26(22)34)30-27(31-25(20)23)17-10-9-14(32)12-19(17)33/h2-13,32-33H,1H3,(H,28,29). The fourth-order valence-corrected chi connectivity index (χ4v) is 4.39. The van der Waals surface area contributed by atoms with E-state index in [0.717, 1.165) is 0 Å². The van der Waals surface area contributed by atoms with Crippen LogP contribution in [-0.4, -0.2) is 38.1 Å². The van der Waals surface area contributed by atoms with Crippen molar-refractivity contribution in [3.8, 4) is 39.9 Å². The van der Waals surface area contributed by atoms with Crippen LogP contribution in [-0.2, 0) is 0 Å². The summed E-state index contributed by atoms with van der Waals surface area (Å²) in [7, 11) is 1.53. The Morgan fingerprint density at radius 2 is 1.69 bits per heavy atom. The van der Waals surface area contributed by atoms with E-state index in [1.807, 2.05) is 30.3 Å². The molecule has 0 saturated carbocycles. The predicted molar refractivity (Wildman–Crippen MR) is 131 cm³/mol. The zero-order valence-corrected chi connectivity index (χ0v) is 18.5. The zero-order valence-electron chi connectivity index (χ0n) is 18.5. The van der Waals surface area contributed by atoms with Crippen molar-refractivity contribution in [2.75, 3.05) is 12.4 Å². The molecule has 0 bridgehead atoms. The number of carbonyl (C=O) groups excluding carboxylic acids is 1. The van der Waals surface area contributed by atoms with Gasteiger partial charge in [0.05, 0.1) is 29.6 Å². The summed E-state index contributed by atoms with van der Waals surface area (Å²) in [5, 5.41) is 24.0. The van der Waals surface area contributed by atoms with Crippen LogP contribution in [0.1, 0.15) is 15.9 Å². The van der Waals surface area contributed by atoms with Crippen molar-refractivity contribution < 1.29 is 19.7 Å². The summed E-state index contributed by atoms with van der Waals surface area (Å²) in [6.07, 6.45) is 1.66. The summed E-state index contributed by atoms with van der Waals surface area (Å²) < 4.78 is 5.68. The molecular formula is C27H18N4O4. The Morgan fingerprint density at radius 3 is 2.43 bits per heavy atom. The number of aromatic nitrogens is 3. The SMILES string of the molecule is COc1cc(Nc2ccccn2)c2c3c(nc(-c4ccc(O)cc4O)nc13)-c1ccccc1C2=O. The van der Waals surface area contributed by atoms with Gasteiger partial charge in [-0.2, -0.15) is 0 Å². The molecule has 8 heteroatoms. The number of aromatic hydroxyl groups is 2. The van der Waals surface area contributed by atoms with Crippen LogP contribution in [0.3, 0.4) is 0 Å². The van der Waals surface area contributed by atoms with E-state index >= 15 is 0 Å². The number of nitrogens with zero attached hydrogens (tertiary/aromatic N) is 3. The number of fused-ring (bicyclic) bond motifs is 2. The second-order valence-corrected chi connectivity index (χ2v) is 8.04. The highest BCUT2D eigenvalue weighted by Crippen LogP contribution is 2.46. The number of ether oxygens (including phenoxy) is 1. The molecule has 8 nitrogen and oxygen atoms in total. The first-order valence-electron chi connectivity index (χ1n) is 10.8. The lowest BCUT2D eigenvalue weighted by Crippen LogP contribution is -2.15. The van der Waals surface area contributed by atoms with Gasteiger partial charge in [0.15, 0.2) is 11.6 Å². The van der Waals surface area contributed by atoms with Crippen molar-refractivity contribution in [1.29, 1.82) is 0 Å². The molecule has 5 aromatic rings. The Morgan fingerprint density at radius 1 is 0.886 bits per heavy atom. The van der Waals surface area contributed by atoms with Crippen molar-refractivity contribution >= 4 is 28.2 Å². The molecule has 35 heavy (non-hydrogen) atoms. The van der Waals surface area contributed by atoms with E-state index in [-0.39, 0.29) is 23.1 Å². The molecule has 2 heterocycles. The number of hydrogen-bond acceptors (Lipinski definition) is 8. The normalized spacial score (nSPS) is 11.9. The third-order valence-corrected chi connectivity index (χ3v) is 5.96. The molecule has 0 radical (unpaired) electrons. The van der Waals surface area contributed by atoms with Crippen molar-refractivity contribution in [1.82, 2.24) is 15.0 Å². The third-order valence-electron chi connectivity index (χ3n) is 5.96. The maximum Gasteiger partial charge on any atom is 0.196 e. The van der Waals surface area contributed by atoms with Gasteiger partial charge in [-0.05, 0) is 24.3 Å². The lowest BCUT2D eigenvalue weighted by Gasteiger charge is -2.23. The molecule has 0 unspecified atom stereocenters. The molecular weight excluding hydrogens is 444 g/mol. The van der Waals surface area contributed by atoms with Gasteiger partial charge in [-0.3, -0.25) is 4.79 Å². The van der Waals surface area contributed by atoms with E-state index in [0.29, 0.717) is 56.1 Å². The van der Waals surface area contributed by atoms with Gasteiger partial charge >= 0.3 is 0 Å². The Bertz CT molecular complexity index is 1650. The summed E-state index contributed by atoms with van der Waals surface area (Å²) in [4.78, 5) is 27.5. The van der Waals surface area contributed by atoms with Crippen LogP contribution in [0.15, 0.2) is 72.9 Å². The molecule has 6 rings (SSSR count). The van der Waals surface area contributed by atoms with E-state index < -0.39 is 0 Å². The summed E-state index contributed by atoms with van der Waals surface area (Å²) in [6.45, 7) is 0. The number of nitrogens with one attached hydrogen (secondary N) is 1. The molecule has 0 aliphatic heterocycles. The highest BCUT2D eigenvalue weighted by atomic mass is 16.5. The number of methoxy groups -OCH3 is 1. The molecule has 0 amide bonds. The Balaban J connectivity index is 1.71. The molecule has 1 aliphatic rings. The molecule has 3 aromatic carbocycles. The number of carbonyl (C=O) groups is 1. The smallest absolute Gasteiger partial charge is 0.196 e. The number of phenols is 2. The van der Waals surface area contributed by atoms with Gasteiger partial charge in [0.25, 0.3) is 0 Å². The zero-order chi connectivity index (χ0) is 24.1. The minimum absolute atomic E-state index is 0.0746. The van der Waals surface area contributed by atoms with Crippen LogP contribution >= 0.6 is 0 Å². The first kappa shape index (κ1) is 20.6. The van der Waals surface area contributed by atoms with Gasteiger partial charge in [-0.1, -0.05) is 30.3 Å². The summed E-state index contributed by atoms with van der Waals surface area (Å²) in [5.74, 6) is 0.841. The lowest BCUT2D eigenvalue weighted by molar-refractivity contribution is 0.104. The van der Waals surface area contributed by atoms with Gasteiger partial charge < -0.3 is 20.3 Å². The average molecular weight is 462 g/mol. The highest BCUT2D eigenvalue weighted by Gasteiger charge is 2.32. The van der Waals surface area contributed by atoms with Gasteiger partial charge in [0.2, 0.25) is 0 Å². The fraction of sp³-hybridized carbons (Fsp3) is 0.0370. The quantitative estimate of drug-likeness (QED) is 0.333. The van der Waals surface area contributed by atoms with Gasteiger partial charge in [0.1, 0.15) is 28.6 Å². The second-order valence-electron chi connectivity index (χ2n) is 8.04. The number of pyridine rings is 1. The maximum absolute atomic E-state index is 13.7. The van der Waals surface area contributed by atoms with Crippen LogP contribution in [0.4, 0.5) is 11.5 Å². The summed E-state index contributed by atoms with van der Waals surface area (Å²) in [5.41, 5.74) is 3.44. The Labute approximate surface area is 199 Å². The highest BCUT2D eigenvalue weighted by molar-refractivity contribution is 6.28. The molecule has 0 atom stereocenters. The van der Waals surface area contributed by atoms with Crippen molar-refractivity contribution in [3.63, 3.8) is 0 Å². The number of rotatable bonds is 4. The van der Waals surface area contributed by atoms with E-state index in [1.54, 1.807) is 30.5 Å². The van der Waals surface area contributed by atoms with Crippen LogP contribution in [0, 0.1) is 0 Å². The van der Waals surface area contributed by atoms with Gasteiger partial charge in [-0.25, -0.2) is 15.0 Å².